The lowest BCUT2D eigenvalue weighted by Crippen LogP contribution is -2.27. The van der Waals surface area contributed by atoms with E-state index in [4.69, 9.17) is 14.9 Å². The monoisotopic (exact) mass is 444 g/mol. The molecule has 0 saturated heterocycles. The maximum Gasteiger partial charge on any atom is 0.412 e. The SMILES string of the molecule is [CH2]Cc1c(NC(=O)c2cc3cc(N)ccc3o2)cc(NC(=O)OC(C)(C)C)c2ccccc12. The fourth-order valence-corrected chi connectivity index (χ4v) is 3.69. The third-order valence-electron chi connectivity index (χ3n) is 5.05. The number of rotatable bonds is 4. The molecule has 7 nitrogen and oxygen atoms in total. The number of nitrogens with two attached hydrogens (primary N) is 1. The van der Waals surface area contributed by atoms with E-state index in [9.17, 15) is 9.59 Å². The summed E-state index contributed by atoms with van der Waals surface area (Å²) in [6.07, 6.45) is -0.151. The Morgan fingerprint density at radius 3 is 2.42 bits per heavy atom. The minimum Gasteiger partial charge on any atom is -0.451 e. The summed E-state index contributed by atoms with van der Waals surface area (Å²) in [7, 11) is 0. The van der Waals surface area contributed by atoms with E-state index in [1.54, 1.807) is 51.1 Å². The molecule has 1 heterocycles. The fraction of sp³-hybridized carbons (Fsp3) is 0.192. The van der Waals surface area contributed by atoms with Crippen LogP contribution in [0.4, 0.5) is 21.9 Å². The number of ether oxygens (including phenoxy) is 1. The number of amides is 2. The molecule has 1 aromatic heterocycles. The Balaban J connectivity index is 1.72. The van der Waals surface area contributed by atoms with Gasteiger partial charge in [-0.3, -0.25) is 10.1 Å². The molecule has 2 amide bonds. The first-order valence-corrected chi connectivity index (χ1v) is 10.6. The van der Waals surface area contributed by atoms with E-state index in [1.807, 2.05) is 24.3 Å². The molecule has 0 bridgehead atoms. The van der Waals surface area contributed by atoms with Crippen LogP contribution in [0.1, 0.15) is 36.9 Å². The molecule has 33 heavy (non-hydrogen) atoms. The Morgan fingerprint density at radius 1 is 1.00 bits per heavy atom. The second-order valence-corrected chi connectivity index (χ2v) is 8.73. The maximum absolute atomic E-state index is 13.0. The standard InChI is InChI=1S/C26H26N3O4/c1-5-17-18-8-6-7-9-19(18)21(29-25(31)33-26(2,3)4)14-20(17)28-24(30)23-13-15-12-16(27)10-11-22(15)32-23/h6-14H,1,5,27H2,2-4H3,(H,28,30)(H,29,31). The molecule has 0 aliphatic heterocycles. The van der Waals surface area contributed by atoms with Gasteiger partial charge in [-0.05, 0) is 75.4 Å². The van der Waals surface area contributed by atoms with Crippen LogP contribution in [0, 0.1) is 6.92 Å². The van der Waals surface area contributed by atoms with Gasteiger partial charge in [0, 0.05) is 22.1 Å². The van der Waals surface area contributed by atoms with Gasteiger partial charge < -0.3 is 20.2 Å². The van der Waals surface area contributed by atoms with Crippen LogP contribution in [-0.2, 0) is 11.2 Å². The van der Waals surface area contributed by atoms with Crippen LogP contribution in [0.5, 0.6) is 0 Å². The molecule has 0 unspecified atom stereocenters. The smallest absolute Gasteiger partial charge is 0.412 e. The Hall–Kier alpha value is -4.00. The largest absolute Gasteiger partial charge is 0.451 e. The van der Waals surface area contributed by atoms with Crippen LogP contribution >= 0.6 is 0 Å². The lowest BCUT2D eigenvalue weighted by Gasteiger charge is -2.21. The number of fused-ring (bicyclic) bond motifs is 2. The molecule has 4 N–H and O–H groups in total. The molecule has 0 aliphatic rings. The number of carbonyl (C=O) groups excluding carboxylic acids is 2. The summed E-state index contributed by atoms with van der Waals surface area (Å²) in [6.45, 7) is 9.41. The highest BCUT2D eigenvalue weighted by Gasteiger charge is 2.20. The van der Waals surface area contributed by atoms with Crippen molar-refractivity contribution >= 4 is 50.8 Å². The number of hydrogen-bond acceptors (Lipinski definition) is 5. The predicted octanol–water partition coefficient (Wildman–Crippen LogP) is 6.14. The van der Waals surface area contributed by atoms with Gasteiger partial charge in [0.15, 0.2) is 5.76 Å². The molecule has 7 heteroatoms. The predicted molar refractivity (Wildman–Crippen MR) is 131 cm³/mol. The van der Waals surface area contributed by atoms with Gasteiger partial charge in [0.2, 0.25) is 0 Å². The van der Waals surface area contributed by atoms with Crippen LogP contribution in [-0.4, -0.2) is 17.6 Å². The van der Waals surface area contributed by atoms with E-state index in [0.29, 0.717) is 29.1 Å². The second-order valence-electron chi connectivity index (χ2n) is 8.73. The van der Waals surface area contributed by atoms with Crippen LogP contribution in [0.15, 0.2) is 59.0 Å². The highest BCUT2D eigenvalue weighted by molar-refractivity contribution is 6.10. The zero-order valence-corrected chi connectivity index (χ0v) is 18.8. The van der Waals surface area contributed by atoms with Crippen LogP contribution in [0.25, 0.3) is 21.7 Å². The van der Waals surface area contributed by atoms with E-state index in [1.165, 1.54) is 0 Å². The Labute approximate surface area is 191 Å². The van der Waals surface area contributed by atoms with Crippen LogP contribution < -0.4 is 16.4 Å². The highest BCUT2D eigenvalue weighted by atomic mass is 16.6. The molecule has 3 aromatic carbocycles. The first kappa shape index (κ1) is 22.2. The third kappa shape index (κ3) is 4.77. The molecular weight excluding hydrogens is 418 g/mol. The van der Waals surface area contributed by atoms with Gasteiger partial charge in [-0.15, -0.1) is 0 Å². The average Bonchev–Trinajstić information content (AvgIpc) is 3.16. The summed E-state index contributed by atoms with van der Waals surface area (Å²) < 4.78 is 11.1. The van der Waals surface area contributed by atoms with Crippen molar-refractivity contribution in [3.05, 3.63) is 72.8 Å². The van der Waals surface area contributed by atoms with E-state index in [2.05, 4.69) is 17.6 Å². The summed E-state index contributed by atoms with van der Waals surface area (Å²) in [4.78, 5) is 25.5. The molecule has 1 radical (unpaired) electrons. The van der Waals surface area contributed by atoms with Gasteiger partial charge in [-0.25, -0.2) is 4.79 Å². The van der Waals surface area contributed by atoms with E-state index < -0.39 is 17.6 Å². The van der Waals surface area contributed by atoms with Crippen molar-refractivity contribution in [3.8, 4) is 0 Å². The van der Waals surface area contributed by atoms with Crippen molar-refractivity contribution in [1.29, 1.82) is 0 Å². The molecule has 4 aromatic rings. The van der Waals surface area contributed by atoms with Crippen molar-refractivity contribution in [2.24, 2.45) is 0 Å². The number of hydrogen-bond donors (Lipinski definition) is 3. The van der Waals surface area contributed by atoms with Gasteiger partial charge in [0.25, 0.3) is 5.91 Å². The quantitative estimate of drug-likeness (QED) is 0.328. The van der Waals surface area contributed by atoms with Crippen molar-refractivity contribution in [2.45, 2.75) is 32.8 Å². The Bertz CT molecular complexity index is 1370. The number of benzene rings is 3. The summed E-state index contributed by atoms with van der Waals surface area (Å²) >= 11 is 0. The number of nitrogen functional groups attached to an aromatic ring is 1. The third-order valence-corrected chi connectivity index (χ3v) is 5.05. The molecule has 169 valence electrons. The summed E-state index contributed by atoms with van der Waals surface area (Å²) in [5, 5.41) is 8.14. The lowest BCUT2D eigenvalue weighted by molar-refractivity contribution is 0.0636. The molecule has 0 atom stereocenters. The minimum absolute atomic E-state index is 0.153. The van der Waals surface area contributed by atoms with Crippen molar-refractivity contribution in [2.75, 3.05) is 16.4 Å². The van der Waals surface area contributed by atoms with E-state index in [-0.39, 0.29) is 5.76 Å². The highest BCUT2D eigenvalue weighted by Crippen LogP contribution is 2.34. The van der Waals surface area contributed by atoms with E-state index >= 15 is 0 Å². The average molecular weight is 445 g/mol. The van der Waals surface area contributed by atoms with Crippen LogP contribution in [0.3, 0.4) is 0 Å². The van der Waals surface area contributed by atoms with Crippen molar-refractivity contribution in [3.63, 3.8) is 0 Å². The number of anilines is 3. The van der Waals surface area contributed by atoms with Gasteiger partial charge >= 0.3 is 6.09 Å². The first-order chi connectivity index (χ1) is 15.6. The maximum atomic E-state index is 13.0. The molecule has 0 saturated carbocycles. The van der Waals surface area contributed by atoms with Crippen molar-refractivity contribution in [1.82, 2.24) is 0 Å². The number of furan rings is 1. The van der Waals surface area contributed by atoms with Gasteiger partial charge in [0.1, 0.15) is 11.2 Å². The Kier molecular flexibility index (Phi) is 5.72. The van der Waals surface area contributed by atoms with Gasteiger partial charge in [-0.1, -0.05) is 24.3 Å². The van der Waals surface area contributed by atoms with E-state index in [0.717, 1.165) is 21.7 Å². The number of carbonyl (C=O) groups is 2. The van der Waals surface area contributed by atoms with Crippen molar-refractivity contribution < 1.29 is 18.7 Å². The summed E-state index contributed by atoms with van der Waals surface area (Å²) in [5.74, 6) is -0.265. The zero-order chi connectivity index (χ0) is 23.8. The zero-order valence-electron chi connectivity index (χ0n) is 18.8. The minimum atomic E-state index is -0.644. The topological polar surface area (TPSA) is 107 Å². The molecule has 4 rings (SSSR count). The molecule has 0 fully saturated rings. The summed E-state index contributed by atoms with van der Waals surface area (Å²) in [5.41, 5.74) is 8.22. The Morgan fingerprint density at radius 2 is 1.73 bits per heavy atom. The van der Waals surface area contributed by atoms with Crippen LogP contribution in [0.2, 0.25) is 0 Å². The summed E-state index contributed by atoms with van der Waals surface area (Å²) in [6, 6.07) is 16.1. The lowest BCUT2D eigenvalue weighted by atomic mass is 9.98. The molecule has 0 spiro atoms. The second kappa shape index (κ2) is 8.50. The number of nitrogens with one attached hydrogen (secondary N) is 2. The fourth-order valence-electron chi connectivity index (χ4n) is 3.69. The van der Waals surface area contributed by atoms with Gasteiger partial charge in [0.05, 0.1) is 5.69 Å². The normalized spacial score (nSPS) is 11.5. The van der Waals surface area contributed by atoms with Gasteiger partial charge in [-0.2, -0.15) is 0 Å². The molecular formula is C26H26N3O4. The first-order valence-electron chi connectivity index (χ1n) is 10.6. The molecule has 0 aliphatic carbocycles.